The summed E-state index contributed by atoms with van der Waals surface area (Å²) in [4.78, 5) is 17.9. The molecule has 0 aromatic heterocycles. The van der Waals surface area contributed by atoms with Gasteiger partial charge in [0, 0.05) is 52.4 Å². The van der Waals surface area contributed by atoms with E-state index in [1.54, 1.807) is 0 Å². The molecule has 3 fully saturated rings. The third-order valence-corrected chi connectivity index (χ3v) is 6.92. The maximum Gasteiger partial charge on any atom is 0.227 e. The number of benzene rings is 1. The van der Waals surface area contributed by atoms with Crippen molar-refractivity contribution in [1.29, 1.82) is 0 Å². The highest BCUT2D eigenvalue weighted by molar-refractivity contribution is 5.83. The van der Waals surface area contributed by atoms with Crippen molar-refractivity contribution in [2.75, 3.05) is 52.4 Å². The number of hydrogen-bond acceptors (Lipinski definition) is 4. The van der Waals surface area contributed by atoms with Crippen LogP contribution in [-0.4, -0.2) is 68.1 Å². The highest BCUT2D eigenvalue weighted by Gasteiger charge is 2.49. The molecule has 2 atom stereocenters. The van der Waals surface area contributed by atoms with E-state index in [0.29, 0.717) is 11.8 Å². The summed E-state index contributed by atoms with van der Waals surface area (Å²) in [5.41, 5.74) is 1.27. The maximum atomic E-state index is 12.9. The molecule has 0 spiro atoms. The molecule has 1 aromatic carbocycles. The smallest absolute Gasteiger partial charge is 0.227 e. The number of rotatable bonds is 6. The summed E-state index contributed by atoms with van der Waals surface area (Å²) in [6, 6.07) is 10.7. The van der Waals surface area contributed by atoms with E-state index in [2.05, 4.69) is 50.8 Å². The predicted octanol–water partition coefficient (Wildman–Crippen LogP) is 1.70. The van der Waals surface area contributed by atoms with E-state index in [1.165, 1.54) is 24.8 Å². The molecule has 3 aliphatic rings. The summed E-state index contributed by atoms with van der Waals surface area (Å²) >= 11 is 0. The normalized spacial score (nSPS) is 29.4. The van der Waals surface area contributed by atoms with Crippen molar-refractivity contribution in [3.63, 3.8) is 0 Å². The second-order valence-corrected chi connectivity index (χ2v) is 8.59. The van der Waals surface area contributed by atoms with Gasteiger partial charge in [-0.25, -0.2) is 0 Å². The van der Waals surface area contributed by atoms with E-state index in [-0.39, 0.29) is 5.41 Å². The number of piperazine rings is 1. The molecule has 27 heavy (non-hydrogen) atoms. The number of nitrogens with zero attached hydrogens (tertiary/aromatic N) is 2. The first-order valence-electron chi connectivity index (χ1n) is 10.7. The molecule has 1 aliphatic carbocycles. The molecule has 5 heteroatoms. The van der Waals surface area contributed by atoms with Crippen molar-refractivity contribution >= 4 is 5.91 Å². The van der Waals surface area contributed by atoms with Crippen LogP contribution in [0.4, 0.5) is 0 Å². The average molecular weight is 371 g/mol. The second-order valence-electron chi connectivity index (χ2n) is 8.59. The monoisotopic (exact) mass is 370 g/mol. The minimum atomic E-state index is -0.118. The molecule has 4 rings (SSSR count). The molecule has 1 saturated carbocycles. The van der Waals surface area contributed by atoms with E-state index in [9.17, 15) is 4.79 Å². The molecule has 0 bridgehead atoms. The topological polar surface area (TPSA) is 47.6 Å². The number of hydrogen-bond donors (Lipinski definition) is 2. The zero-order valence-corrected chi connectivity index (χ0v) is 16.5. The Labute approximate surface area is 163 Å². The molecule has 2 saturated heterocycles. The SMILES string of the molecule is O=C(NCCN1CCN(Cc2ccccc2)CC1)[C@@]12CCCC[C@H]1CNC2. The minimum absolute atomic E-state index is 0.118. The average Bonchev–Trinajstić information content (AvgIpc) is 3.15. The Bertz CT molecular complexity index is 614. The fourth-order valence-corrected chi connectivity index (χ4v) is 5.21. The number of carbonyl (C=O) groups excluding carboxylic acids is 1. The first kappa shape index (κ1) is 18.9. The van der Waals surface area contributed by atoms with Gasteiger partial charge in [0.15, 0.2) is 0 Å². The fraction of sp³-hybridized carbons (Fsp3) is 0.682. The van der Waals surface area contributed by atoms with Gasteiger partial charge in [0.1, 0.15) is 0 Å². The Balaban J connectivity index is 1.18. The Morgan fingerprint density at radius 3 is 2.70 bits per heavy atom. The van der Waals surface area contributed by atoms with Crippen LogP contribution in [0.5, 0.6) is 0 Å². The van der Waals surface area contributed by atoms with Gasteiger partial charge in [-0.15, -0.1) is 0 Å². The van der Waals surface area contributed by atoms with Crippen LogP contribution < -0.4 is 10.6 Å². The fourth-order valence-electron chi connectivity index (χ4n) is 5.21. The van der Waals surface area contributed by atoms with Crippen molar-refractivity contribution < 1.29 is 4.79 Å². The first-order valence-corrected chi connectivity index (χ1v) is 10.7. The maximum absolute atomic E-state index is 12.9. The molecule has 0 radical (unpaired) electrons. The van der Waals surface area contributed by atoms with Gasteiger partial charge < -0.3 is 10.6 Å². The zero-order chi connectivity index (χ0) is 18.5. The number of nitrogens with one attached hydrogen (secondary N) is 2. The summed E-state index contributed by atoms with van der Waals surface area (Å²) < 4.78 is 0. The van der Waals surface area contributed by atoms with Crippen LogP contribution in [0.25, 0.3) is 0 Å². The highest BCUT2D eigenvalue weighted by Crippen LogP contribution is 2.43. The van der Waals surface area contributed by atoms with Crippen molar-refractivity contribution in [3.8, 4) is 0 Å². The van der Waals surface area contributed by atoms with Gasteiger partial charge in [0.25, 0.3) is 0 Å². The largest absolute Gasteiger partial charge is 0.354 e. The standard InChI is InChI=1S/C22H34N4O/c27-21(22-9-5-4-8-20(22)16-23-18-22)24-10-11-25-12-14-26(15-13-25)17-19-6-2-1-3-7-19/h1-3,6-7,20,23H,4-5,8-18H2,(H,24,27)/t20-,22+/m0/s1. The lowest BCUT2D eigenvalue weighted by atomic mass is 9.67. The molecular weight excluding hydrogens is 336 g/mol. The Morgan fingerprint density at radius 1 is 1.11 bits per heavy atom. The van der Waals surface area contributed by atoms with Crippen molar-refractivity contribution in [1.82, 2.24) is 20.4 Å². The lowest BCUT2D eigenvalue weighted by Gasteiger charge is -2.38. The summed E-state index contributed by atoms with van der Waals surface area (Å²) in [7, 11) is 0. The van der Waals surface area contributed by atoms with Crippen LogP contribution in [0.1, 0.15) is 31.2 Å². The molecule has 1 aromatic rings. The van der Waals surface area contributed by atoms with Gasteiger partial charge in [0.2, 0.25) is 5.91 Å². The quantitative estimate of drug-likeness (QED) is 0.800. The van der Waals surface area contributed by atoms with E-state index < -0.39 is 0 Å². The van der Waals surface area contributed by atoms with Crippen molar-refractivity contribution in [3.05, 3.63) is 35.9 Å². The van der Waals surface area contributed by atoms with Crippen LogP contribution in [0, 0.1) is 11.3 Å². The Hall–Kier alpha value is -1.43. The van der Waals surface area contributed by atoms with E-state index in [0.717, 1.165) is 65.3 Å². The van der Waals surface area contributed by atoms with Crippen LogP contribution in [0.2, 0.25) is 0 Å². The lowest BCUT2D eigenvalue weighted by molar-refractivity contribution is -0.134. The van der Waals surface area contributed by atoms with Crippen molar-refractivity contribution in [2.24, 2.45) is 11.3 Å². The third-order valence-electron chi connectivity index (χ3n) is 6.92. The van der Waals surface area contributed by atoms with E-state index in [4.69, 9.17) is 0 Å². The Morgan fingerprint density at radius 2 is 1.89 bits per heavy atom. The molecule has 5 nitrogen and oxygen atoms in total. The van der Waals surface area contributed by atoms with Gasteiger partial charge in [-0.05, 0) is 30.9 Å². The van der Waals surface area contributed by atoms with Crippen LogP contribution in [0.3, 0.4) is 0 Å². The van der Waals surface area contributed by atoms with Crippen LogP contribution in [-0.2, 0) is 11.3 Å². The highest BCUT2D eigenvalue weighted by atomic mass is 16.2. The number of carbonyl (C=O) groups is 1. The van der Waals surface area contributed by atoms with E-state index >= 15 is 0 Å². The van der Waals surface area contributed by atoms with Gasteiger partial charge in [-0.1, -0.05) is 43.2 Å². The molecule has 148 valence electrons. The Kier molecular flexibility index (Phi) is 6.11. The molecule has 2 heterocycles. The van der Waals surface area contributed by atoms with Crippen molar-refractivity contribution in [2.45, 2.75) is 32.2 Å². The number of amides is 1. The summed E-state index contributed by atoms with van der Waals surface area (Å²) in [5.74, 6) is 0.854. The third kappa shape index (κ3) is 4.36. The summed E-state index contributed by atoms with van der Waals surface area (Å²) in [6.45, 7) is 9.11. The van der Waals surface area contributed by atoms with Crippen LogP contribution in [0.15, 0.2) is 30.3 Å². The van der Waals surface area contributed by atoms with Gasteiger partial charge >= 0.3 is 0 Å². The second kappa shape index (κ2) is 8.72. The molecule has 0 unspecified atom stereocenters. The van der Waals surface area contributed by atoms with Gasteiger partial charge in [0.05, 0.1) is 5.41 Å². The lowest BCUT2D eigenvalue weighted by Crippen LogP contribution is -2.51. The molecular formula is C22H34N4O. The predicted molar refractivity (Wildman–Crippen MR) is 108 cm³/mol. The molecule has 1 amide bonds. The zero-order valence-electron chi connectivity index (χ0n) is 16.5. The summed E-state index contributed by atoms with van der Waals surface area (Å²) in [6.07, 6.45) is 4.77. The molecule has 2 N–H and O–H groups in total. The van der Waals surface area contributed by atoms with Gasteiger partial charge in [-0.2, -0.15) is 0 Å². The van der Waals surface area contributed by atoms with E-state index in [1.807, 2.05) is 0 Å². The van der Waals surface area contributed by atoms with Gasteiger partial charge in [-0.3, -0.25) is 14.6 Å². The molecule has 2 aliphatic heterocycles. The minimum Gasteiger partial charge on any atom is -0.354 e. The number of fused-ring (bicyclic) bond motifs is 1. The first-order chi connectivity index (χ1) is 13.3. The summed E-state index contributed by atoms with van der Waals surface area (Å²) in [5, 5.41) is 6.75. The van der Waals surface area contributed by atoms with Crippen LogP contribution >= 0.6 is 0 Å².